The summed E-state index contributed by atoms with van der Waals surface area (Å²) in [7, 11) is 1.76. The van der Waals surface area contributed by atoms with Crippen LogP contribution < -0.4 is 19.7 Å². The van der Waals surface area contributed by atoms with Gasteiger partial charge in [-0.25, -0.2) is 9.97 Å². The number of imidazole rings is 1. The summed E-state index contributed by atoms with van der Waals surface area (Å²) in [6.45, 7) is 6.13. The van der Waals surface area contributed by atoms with Gasteiger partial charge in [-0.2, -0.15) is 0 Å². The maximum absolute atomic E-state index is 12.8. The van der Waals surface area contributed by atoms with Crippen molar-refractivity contribution in [2.24, 2.45) is 5.92 Å². The smallest absolute Gasteiger partial charge is 0.270 e. The van der Waals surface area contributed by atoms with Crippen LogP contribution in [0.2, 0.25) is 0 Å². The quantitative estimate of drug-likeness (QED) is 0.607. The molecule has 1 saturated carbocycles. The maximum atomic E-state index is 12.8. The molecule has 3 aromatic rings. The summed E-state index contributed by atoms with van der Waals surface area (Å²) in [5.41, 5.74) is 3.02. The lowest BCUT2D eigenvalue weighted by Gasteiger charge is -2.37. The van der Waals surface area contributed by atoms with E-state index in [1.807, 2.05) is 37.5 Å². The van der Waals surface area contributed by atoms with Crippen LogP contribution in [0.3, 0.4) is 0 Å². The van der Waals surface area contributed by atoms with Gasteiger partial charge in [-0.3, -0.25) is 9.59 Å². The van der Waals surface area contributed by atoms with Crippen LogP contribution in [0.25, 0.3) is 22.3 Å². The van der Waals surface area contributed by atoms with Gasteiger partial charge in [0, 0.05) is 37.5 Å². The Balaban J connectivity index is 1.42. The van der Waals surface area contributed by atoms with E-state index in [1.165, 1.54) is 0 Å². The van der Waals surface area contributed by atoms with Crippen molar-refractivity contribution in [1.29, 1.82) is 0 Å². The molecule has 1 aliphatic carbocycles. The Labute approximate surface area is 203 Å². The number of likely N-dealkylation sites (N-methyl/N-ethyl adjacent to an activating group) is 1. The van der Waals surface area contributed by atoms with E-state index < -0.39 is 5.60 Å². The second-order valence-corrected chi connectivity index (χ2v) is 10.3. The molecular weight excluding hydrogens is 446 g/mol. The van der Waals surface area contributed by atoms with Crippen molar-refractivity contribution in [3.8, 4) is 22.9 Å². The van der Waals surface area contributed by atoms with Crippen molar-refractivity contribution in [2.45, 2.75) is 57.8 Å². The second kappa shape index (κ2) is 7.69. The molecule has 6 rings (SSSR count). The van der Waals surface area contributed by atoms with E-state index in [1.54, 1.807) is 25.8 Å². The number of benzene rings is 1. The highest BCUT2D eigenvalue weighted by Gasteiger charge is 2.39. The third-order valence-corrected chi connectivity index (χ3v) is 7.23. The molecule has 2 amide bonds. The number of anilines is 1. The van der Waals surface area contributed by atoms with Crippen molar-refractivity contribution in [2.75, 3.05) is 18.5 Å². The Bertz CT molecular complexity index is 1360. The molecule has 1 aromatic carbocycles. The SMILES string of the molecule is C[C@@H](Oc1nc(-c2ccc3c(c2)N(C)C(=O)C(C)(C)O3)cc2ncn(C3CC3)c12)[C@H]1CNC(=O)C1. The summed E-state index contributed by atoms with van der Waals surface area (Å²) in [6.07, 6.45) is 4.36. The summed E-state index contributed by atoms with van der Waals surface area (Å²) in [5, 5.41) is 2.89. The van der Waals surface area contributed by atoms with E-state index in [2.05, 4.69) is 14.9 Å². The minimum atomic E-state index is -0.913. The highest BCUT2D eigenvalue weighted by atomic mass is 16.5. The van der Waals surface area contributed by atoms with Gasteiger partial charge < -0.3 is 24.3 Å². The number of nitrogens with zero attached hydrogens (tertiary/aromatic N) is 4. The first kappa shape index (κ1) is 21.9. The molecule has 0 spiro atoms. The molecular formula is C26H29N5O4. The van der Waals surface area contributed by atoms with Crippen LogP contribution in [0, 0.1) is 5.92 Å². The van der Waals surface area contributed by atoms with Crippen LogP contribution in [0.5, 0.6) is 11.6 Å². The number of nitrogens with one attached hydrogen (secondary N) is 1. The van der Waals surface area contributed by atoms with Gasteiger partial charge in [-0.15, -0.1) is 0 Å². The third-order valence-electron chi connectivity index (χ3n) is 7.23. The first-order valence-corrected chi connectivity index (χ1v) is 12.1. The summed E-state index contributed by atoms with van der Waals surface area (Å²) >= 11 is 0. The van der Waals surface area contributed by atoms with Crippen LogP contribution in [0.15, 0.2) is 30.6 Å². The van der Waals surface area contributed by atoms with Gasteiger partial charge in [0.15, 0.2) is 5.60 Å². The zero-order valence-electron chi connectivity index (χ0n) is 20.4. The Hall–Kier alpha value is -3.62. The monoisotopic (exact) mass is 475 g/mol. The molecule has 4 heterocycles. The predicted molar refractivity (Wildman–Crippen MR) is 131 cm³/mol. The van der Waals surface area contributed by atoms with Gasteiger partial charge in [0.25, 0.3) is 5.91 Å². The number of rotatable bonds is 5. The fourth-order valence-corrected chi connectivity index (χ4v) is 4.97. The number of amides is 2. The number of aromatic nitrogens is 3. The molecule has 2 aliphatic heterocycles. The van der Waals surface area contributed by atoms with Gasteiger partial charge in [0.05, 0.1) is 23.2 Å². The topological polar surface area (TPSA) is 98.6 Å². The van der Waals surface area contributed by atoms with E-state index in [0.717, 1.165) is 29.4 Å². The number of carbonyl (C=O) groups excluding carboxylic acids is 2. The lowest BCUT2D eigenvalue weighted by Crippen LogP contribution is -2.50. The van der Waals surface area contributed by atoms with Crippen molar-refractivity contribution in [3.05, 3.63) is 30.6 Å². The van der Waals surface area contributed by atoms with Crippen molar-refractivity contribution in [3.63, 3.8) is 0 Å². The van der Waals surface area contributed by atoms with Crippen LogP contribution in [-0.2, 0) is 9.59 Å². The predicted octanol–water partition coefficient (Wildman–Crippen LogP) is 3.47. The summed E-state index contributed by atoms with van der Waals surface area (Å²) in [6, 6.07) is 8.12. The first-order chi connectivity index (χ1) is 16.7. The number of fused-ring (bicyclic) bond motifs is 2. The summed E-state index contributed by atoms with van der Waals surface area (Å²) < 4.78 is 14.5. The van der Waals surface area contributed by atoms with E-state index >= 15 is 0 Å². The van der Waals surface area contributed by atoms with Gasteiger partial charge in [-0.05, 0) is 57.9 Å². The molecule has 9 heteroatoms. The number of carbonyl (C=O) groups is 2. The van der Waals surface area contributed by atoms with E-state index in [0.29, 0.717) is 42.0 Å². The zero-order chi connectivity index (χ0) is 24.5. The number of pyridine rings is 1. The standard InChI is InChI=1S/C26H29N5O4/c1-14(16-10-22(32)27-12-16)34-24-23-19(28-13-31(23)17-6-7-17)11-18(29-24)15-5-8-21-20(9-15)30(4)25(33)26(2,3)35-21/h5,8-9,11,13-14,16-17H,6-7,10,12H2,1-4H3,(H,27,32)/t14-,16-/m1/s1. The van der Waals surface area contributed by atoms with Gasteiger partial charge in [0.1, 0.15) is 17.4 Å². The van der Waals surface area contributed by atoms with Crippen LogP contribution >= 0.6 is 0 Å². The van der Waals surface area contributed by atoms with Crippen molar-refractivity contribution >= 4 is 28.5 Å². The second-order valence-electron chi connectivity index (χ2n) is 10.3. The van der Waals surface area contributed by atoms with Crippen molar-refractivity contribution in [1.82, 2.24) is 19.9 Å². The average Bonchev–Trinajstić information content (AvgIpc) is 3.42. The zero-order valence-corrected chi connectivity index (χ0v) is 20.4. The number of hydrogen-bond donors (Lipinski definition) is 1. The summed E-state index contributed by atoms with van der Waals surface area (Å²) in [5.74, 6) is 1.21. The number of hydrogen-bond acceptors (Lipinski definition) is 6. The molecule has 0 unspecified atom stereocenters. The Morgan fingerprint density at radius 1 is 1.23 bits per heavy atom. The molecule has 3 aliphatic rings. The van der Waals surface area contributed by atoms with Gasteiger partial charge in [0.2, 0.25) is 11.8 Å². The minimum absolute atomic E-state index is 0.0541. The van der Waals surface area contributed by atoms with E-state index in [-0.39, 0.29) is 23.8 Å². The first-order valence-electron chi connectivity index (χ1n) is 12.1. The molecule has 1 saturated heterocycles. The minimum Gasteiger partial charge on any atom is -0.476 e. The molecule has 2 fully saturated rings. The fraction of sp³-hybridized carbons (Fsp3) is 0.462. The lowest BCUT2D eigenvalue weighted by molar-refractivity contribution is -0.132. The molecule has 35 heavy (non-hydrogen) atoms. The van der Waals surface area contributed by atoms with Crippen molar-refractivity contribution < 1.29 is 19.1 Å². The highest BCUT2D eigenvalue weighted by Crippen LogP contribution is 2.42. The molecule has 0 radical (unpaired) electrons. The molecule has 1 N–H and O–H groups in total. The molecule has 2 aromatic heterocycles. The maximum Gasteiger partial charge on any atom is 0.270 e. The Kier molecular flexibility index (Phi) is 4.81. The normalized spacial score (nSPS) is 22.1. The average molecular weight is 476 g/mol. The van der Waals surface area contributed by atoms with E-state index in [9.17, 15) is 9.59 Å². The Morgan fingerprint density at radius 3 is 2.74 bits per heavy atom. The van der Waals surface area contributed by atoms with Gasteiger partial charge >= 0.3 is 0 Å². The highest BCUT2D eigenvalue weighted by molar-refractivity contribution is 6.02. The van der Waals surface area contributed by atoms with Crippen LogP contribution in [0.4, 0.5) is 5.69 Å². The molecule has 0 bridgehead atoms. The molecule has 9 nitrogen and oxygen atoms in total. The fourth-order valence-electron chi connectivity index (χ4n) is 4.97. The third kappa shape index (κ3) is 3.69. The van der Waals surface area contributed by atoms with Crippen LogP contribution in [0.1, 0.15) is 46.1 Å². The summed E-state index contributed by atoms with van der Waals surface area (Å²) in [4.78, 5) is 35.7. The molecule has 2 atom stereocenters. The van der Waals surface area contributed by atoms with Crippen LogP contribution in [-0.4, -0.2) is 51.6 Å². The van der Waals surface area contributed by atoms with E-state index in [4.69, 9.17) is 14.5 Å². The number of ether oxygens (including phenoxy) is 2. The molecule has 182 valence electrons. The van der Waals surface area contributed by atoms with Gasteiger partial charge in [-0.1, -0.05) is 0 Å². The largest absolute Gasteiger partial charge is 0.476 e. The lowest BCUT2D eigenvalue weighted by atomic mass is 10.0. The Morgan fingerprint density at radius 2 is 2.03 bits per heavy atom.